The van der Waals surface area contributed by atoms with E-state index in [1.54, 1.807) is 6.20 Å². The van der Waals surface area contributed by atoms with Crippen molar-refractivity contribution >= 4 is 0 Å². The maximum atomic E-state index is 8.37. The van der Waals surface area contributed by atoms with Crippen LogP contribution in [0.1, 0.15) is 18.2 Å². The predicted octanol–water partition coefficient (Wildman–Crippen LogP) is 1.71. The maximum absolute atomic E-state index is 8.37. The predicted molar refractivity (Wildman–Crippen MR) is 42.9 cm³/mol. The molecule has 0 N–H and O–H groups in total. The molecule has 0 saturated heterocycles. The summed E-state index contributed by atoms with van der Waals surface area (Å²) in [4.78, 5) is 4.16. The summed E-state index contributed by atoms with van der Waals surface area (Å²) in [6.45, 7) is 2.06. The van der Waals surface area contributed by atoms with Crippen molar-refractivity contribution in [3.63, 3.8) is 0 Å². The Hall–Kier alpha value is -1.36. The van der Waals surface area contributed by atoms with Gasteiger partial charge in [-0.2, -0.15) is 5.26 Å². The summed E-state index contributed by atoms with van der Waals surface area (Å²) >= 11 is 0. The molecule has 0 aliphatic rings. The molecule has 11 heavy (non-hydrogen) atoms. The topological polar surface area (TPSA) is 36.7 Å². The lowest BCUT2D eigenvalue weighted by Gasteiger charge is -1.95. The van der Waals surface area contributed by atoms with E-state index in [0.29, 0.717) is 6.42 Å². The molecule has 0 aromatic carbocycles. The third-order valence-electron chi connectivity index (χ3n) is 1.53. The highest BCUT2D eigenvalue weighted by atomic mass is 14.7. The van der Waals surface area contributed by atoms with Crippen molar-refractivity contribution < 1.29 is 0 Å². The van der Waals surface area contributed by atoms with Crippen LogP contribution in [0, 0.1) is 11.3 Å². The minimum absolute atomic E-state index is 0.455. The van der Waals surface area contributed by atoms with E-state index in [2.05, 4.69) is 18.0 Å². The van der Waals surface area contributed by atoms with E-state index in [4.69, 9.17) is 5.26 Å². The Bertz CT molecular complexity index is 256. The largest absolute Gasteiger partial charge is 0.261 e. The maximum Gasteiger partial charge on any atom is 0.0670 e. The standard InChI is InChI=1S/C9H10N2/c1-2-9-4-3-8(5-6-10)7-11-9/h3-4,7H,2,5H2,1H3. The second kappa shape index (κ2) is 3.72. The fraction of sp³-hybridized carbons (Fsp3) is 0.333. The molecular weight excluding hydrogens is 136 g/mol. The van der Waals surface area contributed by atoms with E-state index in [1.165, 1.54) is 0 Å². The Morgan fingerprint density at radius 1 is 1.55 bits per heavy atom. The van der Waals surface area contributed by atoms with Gasteiger partial charge in [0.2, 0.25) is 0 Å². The number of aryl methyl sites for hydroxylation is 1. The second-order valence-corrected chi connectivity index (χ2v) is 2.35. The van der Waals surface area contributed by atoms with Gasteiger partial charge >= 0.3 is 0 Å². The van der Waals surface area contributed by atoms with Crippen molar-refractivity contribution in [1.29, 1.82) is 5.26 Å². The molecule has 1 rings (SSSR count). The number of hydrogen-bond acceptors (Lipinski definition) is 2. The van der Waals surface area contributed by atoms with Gasteiger partial charge in [-0.15, -0.1) is 0 Å². The molecule has 0 spiro atoms. The van der Waals surface area contributed by atoms with Crippen LogP contribution in [0.25, 0.3) is 0 Å². The lowest BCUT2D eigenvalue weighted by molar-refractivity contribution is 1.02. The summed E-state index contributed by atoms with van der Waals surface area (Å²) < 4.78 is 0. The minimum Gasteiger partial charge on any atom is -0.261 e. The number of aromatic nitrogens is 1. The van der Waals surface area contributed by atoms with Gasteiger partial charge < -0.3 is 0 Å². The lowest BCUT2D eigenvalue weighted by atomic mass is 10.2. The highest BCUT2D eigenvalue weighted by Gasteiger charge is 1.92. The molecule has 0 aliphatic heterocycles. The van der Waals surface area contributed by atoms with Gasteiger partial charge in [-0.25, -0.2) is 0 Å². The van der Waals surface area contributed by atoms with Crippen LogP contribution in [0.2, 0.25) is 0 Å². The average Bonchev–Trinajstić information content (AvgIpc) is 2.07. The normalized spacial score (nSPS) is 9.09. The summed E-state index contributed by atoms with van der Waals surface area (Å²) in [7, 11) is 0. The fourth-order valence-corrected chi connectivity index (χ4v) is 0.860. The van der Waals surface area contributed by atoms with Gasteiger partial charge in [-0.05, 0) is 18.1 Å². The van der Waals surface area contributed by atoms with Gasteiger partial charge in [-0.1, -0.05) is 13.0 Å². The molecule has 0 unspecified atom stereocenters. The summed E-state index contributed by atoms with van der Waals surface area (Å²) in [6, 6.07) is 6.00. The van der Waals surface area contributed by atoms with Crippen LogP contribution in [0.5, 0.6) is 0 Å². The highest BCUT2D eigenvalue weighted by Crippen LogP contribution is 2.00. The van der Waals surface area contributed by atoms with Crippen molar-refractivity contribution in [2.45, 2.75) is 19.8 Å². The molecule has 2 heteroatoms. The second-order valence-electron chi connectivity index (χ2n) is 2.35. The van der Waals surface area contributed by atoms with Gasteiger partial charge in [-0.3, -0.25) is 4.98 Å². The van der Waals surface area contributed by atoms with E-state index < -0.39 is 0 Å². The van der Waals surface area contributed by atoms with Crippen molar-refractivity contribution in [3.05, 3.63) is 29.6 Å². The molecule has 0 atom stereocenters. The molecule has 0 radical (unpaired) electrons. The van der Waals surface area contributed by atoms with Gasteiger partial charge in [0.25, 0.3) is 0 Å². The number of hydrogen-bond donors (Lipinski definition) is 0. The Morgan fingerprint density at radius 2 is 2.36 bits per heavy atom. The van der Waals surface area contributed by atoms with Gasteiger partial charge in [0, 0.05) is 11.9 Å². The summed E-state index contributed by atoms with van der Waals surface area (Å²) in [5.74, 6) is 0. The van der Waals surface area contributed by atoms with E-state index in [1.807, 2.05) is 12.1 Å². The number of pyridine rings is 1. The van der Waals surface area contributed by atoms with Crippen molar-refractivity contribution in [1.82, 2.24) is 4.98 Å². The molecule has 2 nitrogen and oxygen atoms in total. The molecule has 0 aliphatic carbocycles. The van der Waals surface area contributed by atoms with Crippen molar-refractivity contribution in [2.75, 3.05) is 0 Å². The van der Waals surface area contributed by atoms with E-state index in [-0.39, 0.29) is 0 Å². The summed E-state index contributed by atoms with van der Waals surface area (Å²) in [5.41, 5.74) is 2.07. The smallest absolute Gasteiger partial charge is 0.0670 e. The monoisotopic (exact) mass is 146 g/mol. The van der Waals surface area contributed by atoms with Crippen LogP contribution in [-0.2, 0) is 12.8 Å². The van der Waals surface area contributed by atoms with Gasteiger partial charge in [0.05, 0.1) is 12.5 Å². The van der Waals surface area contributed by atoms with E-state index in [9.17, 15) is 0 Å². The fourth-order valence-electron chi connectivity index (χ4n) is 0.860. The van der Waals surface area contributed by atoms with Crippen LogP contribution in [0.4, 0.5) is 0 Å². The Labute approximate surface area is 66.5 Å². The molecule has 0 saturated carbocycles. The zero-order valence-corrected chi connectivity index (χ0v) is 6.54. The van der Waals surface area contributed by atoms with Crippen molar-refractivity contribution in [2.24, 2.45) is 0 Å². The van der Waals surface area contributed by atoms with Crippen LogP contribution in [0.15, 0.2) is 18.3 Å². The third kappa shape index (κ3) is 2.05. The first-order valence-electron chi connectivity index (χ1n) is 3.67. The molecule has 0 amide bonds. The average molecular weight is 146 g/mol. The molecule has 1 heterocycles. The van der Waals surface area contributed by atoms with Crippen molar-refractivity contribution in [3.8, 4) is 6.07 Å². The van der Waals surface area contributed by atoms with E-state index >= 15 is 0 Å². The molecule has 56 valence electrons. The Balaban J connectivity index is 2.76. The van der Waals surface area contributed by atoms with Crippen LogP contribution >= 0.6 is 0 Å². The zero-order valence-electron chi connectivity index (χ0n) is 6.54. The SMILES string of the molecule is CCc1ccc(CC#N)cn1. The van der Waals surface area contributed by atoms with Crippen LogP contribution < -0.4 is 0 Å². The van der Waals surface area contributed by atoms with Crippen LogP contribution in [0.3, 0.4) is 0 Å². The zero-order chi connectivity index (χ0) is 8.10. The minimum atomic E-state index is 0.455. The van der Waals surface area contributed by atoms with E-state index in [0.717, 1.165) is 17.7 Å². The van der Waals surface area contributed by atoms with Crippen LogP contribution in [-0.4, -0.2) is 4.98 Å². The molecule has 1 aromatic rings. The molecule has 1 aromatic heterocycles. The molecule has 0 fully saturated rings. The Kier molecular flexibility index (Phi) is 2.62. The highest BCUT2D eigenvalue weighted by molar-refractivity contribution is 5.16. The lowest BCUT2D eigenvalue weighted by Crippen LogP contribution is -1.88. The summed E-state index contributed by atoms with van der Waals surface area (Å²) in [6.07, 6.45) is 3.17. The first-order valence-corrected chi connectivity index (χ1v) is 3.67. The number of nitrogens with zero attached hydrogens (tertiary/aromatic N) is 2. The van der Waals surface area contributed by atoms with Gasteiger partial charge in [0.15, 0.2) is 0 Å². The quantitative estimate of drug-likeness (QED) is 0.636. The number of nitriles is 1. The third-order valence-corrected chi connectivity index (χ3v) is 1.53. The first kappa shape index (κ1) is 7.74. The molecule has 0 bridgehead atoms. The van der Waals surface area contributed by atoms with Gasteiger partial charge in [0.1, 0.15) is 0 Å². The summed E-state index contributed by atoms with van der Waals surface area (Å²) in [5, 5.41) is 8.37. The number of rotatable bonds is 2. The molecular formula is C9H10N2. The first-order chi connectivity index (χ1) is 5.36. The Morgan fingerprint density at radius 3 is 2.82 bits per heavy atom.